The van der Waals surface area contributed by atoms with Crippen molar-refractivity contribution in [2.75, 3.05) is 17.2 Å². The number of carbonyl (C=O) groups excluding carboxylic acids is 3. The molecule has 2 N–H and O–H groups in total. The molecule has 10 heteroatoms. The van der Waals surface area contributed by atoms with E-state index in [1.54, 1.807) is 0 Å². The Morgan fingerprint density at radius 1 is 0.941 bits per heavy atom. The lowest BCUT2D eigenvalue weighted by molar-refractivity contribution is -0.147. The minimum absolute atomic E-state index is 0.0392. The van der Waals surface area contributed by atoms with Crippen LogP contribution in [0.4, 0.5) is 24.5 Å². The maximum atomic E-state index is 12.8. The highest BCUT2D eigenvalue weighted by Gasteiger charge is 2.31. The molecule has 0 bridgehead atoms. The first-order chi connectivity index (χ1) is 16.0. The summed E-state index contributed by atoms with van der Waals surface area (Å²) in [6.45, 7) is 3.48. The molecule has 0 fully saturated rings. The van der Waals surface area contributed by atoms with Crippen molar-refractivity contribution < 1.29 is 32.3 Å². The Balaban J connectivity index is 1.78. The Kier molecular flexibility index (Phi) is 9.92. The van der Waals surface area contributed by atoms with Gasteiger partial charge in [-0.05, 0) is 48.6 Å². The second-order valence-corrected chi connectivity index (χ2v) is 7.87. The molecular weight excluding hydrogens is 473 g/mol. The number of amides is 2. The predicted octanol–water partition coefficient (Wildman–Crippen LogP) is 5.77. The number of nitrogens with one attached hydrogen (secondary N) is 2. The van der Waals surface area contributed by atoms with Gasteiger partial charge in [0.25, 0.3) is 5.91 Å². The number of ether oxygens (including phenoxy) is 1. The van der Waals surface area contributed by atoms with Crippen LogP contribution in [-0.2, 0) is 38.1 Å². The van der Waals surface area contributed by atoms with E-state index in [-0.39, 0.29) is 30.0 Å². The molecule has 0 aliphatic heterocycles. The van der Waals surface area contributed by atoms with Crippen LogP contribution in [0.25, 0.3) is 0 Å². The predicted molar refractivity (Wildman–Crippen MR) is 124 cm³/mol. The van der Waals surface area contributed by atoms with Crippen LogP contribution >= 0.6 is 11.6 Å². The third-order valence-corrected chi connectivity index (χ3v) is 5.31. The van der Waals surface area contributed by atoms with Gasteiger partial charge in [0.05, 0.1) is 16.3 Å². The standard InChI is InChI=1S/C24H26ClF3N2O4/c1-3-15-7-5-8-16(4-2)23(15)30-21(32)14-34-22(33)10-6-9-20(31)29-19-13-17(24(26,27)28)11-12-18(19)25/h5,7-8,11-13H,3-4,6,9-10,14H2,1-2H3,(H,29,31)(H,30,32). The fourth-order valence-electron chi connectivity index (χ4n) is 3.20. The molecule has 0 saturated carbocycles. The molecule has 0 aromatic heterocycles. The van der Waals surface area contributed by atoms with Crippen molar-refractivity contribution in [3.05, 3.63) is 58.1 Å². The smallest absolute Gasteiger partial charge is 0.416 e. The zero-order valence-corrected chi connectivity index (χ0v) is 19.6. The highest BCUT2D eigenvalue weighted by Crippen LogP contribution is 2.33. The Hall–Kier alpha value is -3.07. The van der Waals surface area contributed by atoms with Crippen LogP contribution in [0.3, 0.4) is 0 Å². The highest BCUT2D eigenvalue weighted by molar-refractivity contribution is 6.33. The molecule has 0 unspecified atom stereocenters. The second-order valence-electron chi connectivity index (χ2n) is 7.46. The van der Waals surface area contributed by atoms with Gasteiger partial charge in [0.1, 0.15) is 0 Å². The van der Waals surface area contributed by atoms with Crippen LogP contribution in [0.2, 0.25) is 5.02 Å². The number of hydrogen-bond acceptors (Lipinski definition) is 4. The maximum absolute atomic E-state index is 12.8. The number of esters is 1. The van der Waals surface area contributed by atoms with Crippen molar-refractivity contribution in [1.29, 1.82) is 0 Å². The molecule has 2 rings (SSSR count). The first kappa shape index (κ1) is 27.2. The van der Waals surface area contributed by atoms with Crippen molar-refractivity contribution in [2.45, 2.75) is 52.1 Å². The summed E-state index contributed by atoms with van der Waals surface area (Å²) in [5.74, 6) is -1.74. The largest absolute Gasteiger partial charge is 0.456 e. The number of aryl methyl sites for hydroxylation is 2. The van der Waals surface area contributed by atoms with E-state index < -0.39 is 36.1 Å². The summed E-state index contributed by atoms with van der Waals surface area (Å²) < 4.78 is 43.4. The maximum Gasteiger partial charge on any atom is 0.416 e. The summed E-state index contributed by atoms with van der Waals surface area (Å²) in [5, 5.41) is 5.05. The van der Waals surface area contributed by atoms with E-state index in [0.29, 0.717) is 0 Å². The fourth-order valence-corrected chi connectivity index (χ4v) is 3.37. The third-order valence-electron chi connectivity index (χ3n) is 4.98. The van der Waals surface area contributed by atoms with Gasteiger partial charge in [0.2, 0.25) is 5.91 Å². The SMILES string of the molecule is CCc1cccc(CC)c1NC(=O)COC(=O)CCCC(=O)Nc1cc(C(F)(F)F)ccc1Cl. The van der Waals surface area contributed by atoms with Crippen molar-refractivity contribution >= 4 is 40.8 Å². The Morgan fingerprint density at radius 3 is 2.18 bits per heavy atom. The quantitative estimate of drug-likeness (QED) is 0.407. The first-order valence-electron chi connectivity index (χ1n) is 10.8. The summed E-state index contributed by atoms with van der Waals surface area (Å²) >= 11 is 5.85. The van der Waals surface area contributed by atoms with Crippen LogP contribution in [0, 0.1) is 0 Å². The zero-order chi connectivity index (χ0) is 25.3. The molecule has 6 nitrogen and oxygen atoms in total. The van der Waals surface area contributed by atoms with Crippen molar-refractivity contribution in [3.63, 3.8) is 0 Å². The number of hydrogen-bond donors (Lipinski definition) is 2. The molecule has 34 heavy (non-hydrogen) atoms. The van der Waals surface area contributed by atoms with Gasteiger partial charge in [-0.2, -0.15) is 13.2 Å². The van der Waals surface area contributed by atoms with Crippen LogP contribution in [0.5, 0.6) is 0 Å². The molecule has 2 aromatic rings. The molecule has 184 valence electrons. The van der Waals surface area contributed by atoms with E-state index in [1.165, 1.54) is 0 Å². The molecule has 0 aliphatic rings. The monoisotopic (exact) mass is 498 g/mol. The van der Waals surface area contributed by atoms with Gasteiger partial charge in [-0.15, -0.1) is 0 Å². The number of anilines is 2. The number of rotatable bonds is 10. The molecule has 0 spiro atoms. The van der Waals surface area contributed by atoms with E-state index in [1.807, 2.05) is 32.0 Å². The first-order valence-corrected chi connectivity index (χ1v) is 11.2. The molecule has 0 atom stereocenters. The molecular formula is C24H26ClF3N2O4. The number of benzene rings is 2. The van der Waals surface area contributed by atoms with Crippen LogP contribution in [0.15, 0.2) is 36.4 Å². The fraction of sp³-hybridized carbons (Fsp3) is 0.375. The second kappa shape index (κ2) is 12.4. The van der Waals surface area contributed by atoms with Gasteiger partial charge in [-0.25, -0.2) is 0 Å². The van der Waals surface area contributed by atoms with Gasteiger partial charge in [-0.1, -0.05) is 43.6 Å². The van der Waals surface area contributed by atoms with Gasteiger partial charge < -0.3 is 15.4 Å². The Bertz CT molecular complexity index is 1020. The molecule has 0 aliphatic carbocycles. The van der Waals surface area contributed by atoms with Crippen molar-refractivity contribution in [3.8, 4) is 0 Å². The average molecular weight is 499 g/mol. The van der Waals surface area contributed by atoms with E-state index in [0.717, 1.165) is 47.9 Å². The van der Waals surface area contributed by atoms with Crippen molar-refractivity contribution in [2.24, 2.45) is 0 Å². The van der Waals surface area contributed by atoms with Crippen LogP contribution in [-0.4, -0.2) is 24.4 Å². The van der Waals surface area contributed by atoms with Gasteiger partial charge in [0, 0.05) is 18.5 Å². The molecule has 2 amide bonds. The number of halogens is 4. The molecule has 2 aromatic carbocycles. The summed E-state index contributed by atoms with van der Waals surface area (Å²) in [6, 6.07) is 8.35. The van der Waals surface area contributed by atoms with Crippen molar-refractivity contribution in [1.82, 2.24) is 0 Å². The molecule has 0 radical (unpaired) electrons. The van der Waals surface area contributed by atoms with Gasteiger partial charge in [-0.3, -0.25) is 14.4 Å². The minimum Gasteiger partial charge on any atom is -0.456 e. The summed E-state index contributed by atoms with van der Waals surface area (Å²) in [5.41, 5.74) is 1.57. The normalized spacial score (nSPS) is 11.1. The number of carbonyl (C=O) groups is 3. The average Bonchev–Trinajstić information content (AvgIpc) is 2.78. The van der Waals surface area contributed by atoms with Gasteiger partial charge in [0.15, 0.2) is 6.61 Å². The lowest BCUT2D eigenvalue weighted by Crippen LogP contribution is -2.22. The third kappa shape index (κ3) is 8.06. The summed E-state index contributed by atoms with van der Waals surface area (Å²) in [6.07, 6.45) is -3.30. The Morgan fingerprint density at radius 2 is 1.59 bits per heavy atom. The summed E-state index contributed by atoms with van der Waals surface area (Å²) in [7, 11) is 0. The number of para-hydroxylation sites is 1. The van der Waals surface area contributed by atoms with Gasteiger partial charge >= 0.3 is 12.1 Å². The minimum atomic E-state index is -4.57. The highest BCUT2D eigenvalue weighted by atomic mass is 35.5. The lowest BCUT2D eigenvalue weighted by Gasteiger charge is -2.14. The van der Waals surface area contributed by atoms with E-state index in [9.17, 15) is 27.6 Å². The topological polar surface area (TPSA) is 84.5 Å². The molecule has 0 saturated heterocycles. The van der Waals surface area contributed by atoms with E-state index >= 15 is 0 Å². The number of alkyl halides is 3. The van der Waals surface area contributed by atoms with Crippen LogP contribution in [0.1, 0.15) is 49.8 Å². The molecule has 0 heterocycles. The van der Waals surface area contributed by atoms with E-state index in [4.69, 9.17) is 16.3 Å². The lowest BCUT2D eigenvalue weighted by atomic mass is 10.0. The zero-order valence-electron chi connectivity index (χ0n) is 18.9. The summed E-state index contributed by atoms with van der Waals surface area (Å²) in [4.78, 5) is 36.2. The van der Waals surface area contributed by atoms with E-state index in [2.05, 4.69) is 10.6 Å². The Labute approximate surface area is 200 Å². The van der Waals surface area contributed by atoms with Crippen LogP contribution < -0.4 is 10.6 Å².